The van der Waals surface area contributed by atoms with E-state index in [-0.39, 0.29) is 0 Å². The van der Waals surface area contributed by atoms with Gasteiger partial charge in [0.05, 0.1) is 16.8 Å². The first kappa shape index (κ1) is 25.6. The molecule has 0 bridgehead atoms. The Hall–Kier alpha value is -5.93. The van der Waals surface area contributed by atoms with Crippen molar-refractivity contribution in [3.05, 3.63) is 185 Å². The molecule has 0 fully saturated rings. The Bertz CT molecular complexity index is 2170. The molecule has 0 atom stereocenters. The number of hydrogen-bond acceptors (Lipinski definition) is 3. The van der Waals surface area contributed by atoms with E-state index in [1.165, 1.54) is 44.5 Å². The molecule has 0 aliphatic heterocycles. The van der Waals surface area contributed by atoms with Crippen LogP contribution in [0.2, 0.25) is 0 Å². The summed E-state index contributed by atoms with van der Waals surface area (Å²) in [4.78, 5) is 14.5. The lowest BCUT2D eigenvalue weighted by molar-refractivity contribution is 0.766. The van der Waals surface area contributed by atoms with Gasteiger partial charge in [-0.05, 0) is 68.8 Å². The van der Waals surface area contributed by atoms with E-state index in [9.17, 15) is 0 Å². The molecule has 45 heavy (non-hydrogen) atoms. The van der Waals surface area contributed by atoms with Gasteiger partial charge in [-0.25, -0.2) is 9.97 Å². The molecule has 0 N–H and O–H groups in total. The molecule has 2 aliphatic carbocycles. The molecule has 2 heterocycles. The van der Waals surface area contributed by atoms with Crippen molar-refractivity contribution < 1.29 is 0 Å². The topological polar surface area (TPSA) is 38.7 Å². The molecule has 0 amide bonds. The average molecular weight is 574 g/mol. The summed E-state index contributed by atoms with van der Waals surface area (Å²) in [5.74, 6) is 0.693. The lowest BCUT2D eigenvalue weighted by Crippen LogP contribution is -2.30. The van der Waals surface area contributed by atoms with Crippen molar-refractivity contribution in [3.63, 3.8) is 0 Å². The van der Waals surface area contributed by atoms with Crippen LogP contribution in [0.4, 0.5) is 0 Å². The highest BCUT2D eigenvalue weighted by molar-refractivity contribution is 5.92. The molecular weight excluding hydrogens is 546 g/mol. The SMILES string of the molecule is C1=Cc2ccc(-c3cc(-c4cccnc4)nc(-c4ccccc4)n3)cc2C2(c3ccccc31)c1ccccc1-c1ccccc12. The molecule has 0 unspecified atom stereocenters. The molecule has 7 aromatic rings. The van der Waals surface area contributed by atoms with Gasteiger partial charge in [0.15, 0.2) is 5.82 Å². The van der Waals surface area contributed by atoms with E-state index in [2.05, 4.69) is 126 Å². The Morgan fingerprint density at radius 1 is 0.422 bits per heavy atom. The molecule has 5 aromatic carbocycles. The van der Waals surface area contributed by atoms with Crippen LogP contribution in [0, 0.1) is 0 Å². The van der Waals surface area contributed by atoms with E-state index in [4.69, 9.17) is 9.97 Å². The number of rotatable bonds is 3. The zero-order valence-corrected chi connectivity index (χ0v) is 24.4. The Kier molecular flexibility index (Phi) is 5.72. The van der Waals surface area contributed by atoms with Crippen molar-refractivity contribution in [1.29, 1.82) is 0 Å². The third kappa shape index (κ3) is 3.87. The van der Waals surface area contributed by atoms with Crippen LogP contribution >= 0.6 is 0 Å². The first-order valence-corrected chi connectivity index (χ1v) is 15.3. The minimum absolute atomic E-state index is 0.486. The Labute approximate surface area is 262 Å². The molecule has 1 spiro atoms. The number of nitrogens with zero attached hydrogens (tertiary/aromatic N) is 3. The molecule has 210 valence electrons. The predicted molar refractivity (Wildman–Crippen MR) is 182 cm³/mol. The fraction of sp³-hybridized carbons (Fsp3) is 0.0238. The van der Waals surface area contributed by atoms with Gasteiger partial charge in [0.2, 0.25) is 0 Å². The lowest BCUT2D eigenvalue weighted by atomic mass is 9.66. The smallest absolute Gasteiger partial charge is 0.160 e. The highest BCUT2D eigenvalue weighted by Crippen LogP contribution is 2.58. The fourth-order valence-corrected chi connectivity index (χ4v) is 7.28. The molecular formula is C42H27N3. The monoisotopic (exact) mass is 573 g/mol. The average Bonchev–Trinajstić information content (AvgIpc) is 3.33. The van der Waals surface area contributed by atoms with Gasteiger partial charge in [0, 0.05) is 29.1 Å². The first-order valence-electron chi connectivity index (χ1n) is 15.3. The van der Waals surface area contributed by atoms with Gasteiger partial charge in [-0.1, -0.05) is 127 Å². The van der Waals surface area contributed by atoms with E-state index in [1.54, 1.807) is 6.20 Å². The van der Waals surface area contributed by atoms with Crippen LogP contribution in [0.3, 0.4) is 0 Å². The molecule has 0 saturated heterocycles. The normalized spacial score (nSPS) is 13.4. The zero-order valence-electron chi connectivity index (χ0n) is 24.4. The highest BCUT2D eigenvalue weighted by atomic mass is 14.9. The minimum Gasteiger partial charge on any atom is -0.264 e. The quantitative estimate of drug-likeness (QED) is 0.211. The standard InChI is InChI=1S/C42H27N3/c1-2-12-30(13-3-1)41-44-39(26-40(45-41)32-14-10-24-43-27-32)31-23-22-29-21-20-28-11-4-7-17-35(28)42(38(29)25-31)36-18-8-5-15-33(36)34-16-6-9-19-37(34)42/h1-27H. The van der Waals surface area contributed by atoms with Crippen LogP contribution in [0.15, 0.2) is 152 Å². The van der Waals surface area contributed by atoms with Crippen LogP contribution in [0.1, 0.15) is 33.4 Å². The first-order chi connectivity index (χ1) is 22.3. The van der Waals surface area contributed by atoms with Crippen molar-refractivity contribution in [2.24, 2.45) is 0 Å². The van der Waals surface area contributed by atoms with Gasteiger partial charge in [-0.15, -0.1) is 0 Å². The summed E-state index contributed by atoms with van der Waals surface area (Å²) in [6.45, 7) is 0. The van der Waals surface area contributed by atoms with E-state index < -0.39 is 5.41 Å². The number of fused-ring (bicyclic) bond motifs is 9. The highest BCUT2D eigenvalue weighted by Gasteiger charge is 2.48. The third-order valence-electron chi connectivity index (χ3n) is 9.23. The summed E-state index contributed by atoms with van der Waals surface area (Å²) in [6, 6.07) is 49.8. The number of aromatic nitrogens is 3. The molecule has 2 aromatic heterocycles. The summed E-state index contributed by atoms with van der Waals surface area (Å²) in [5.41, 5.74) is 14.4. The molecule has 3 nitrogen and oxygen atoms in total. The van der Waals surface area contributed by atoms with Gasteiger partial charge in [-0.2, -0.15) is 0 Å². The second-order valence-corrected chi connectivity index (χ2v) is 11.6. The van der Waals surface area contributed by atoms with Crippen molar-refractivity contribution in [1.82, 2.24) is 15.0 Å². The fourth-order valence-electron chi connectivity index (χ4n) is 7.28. The number of pyridine rings is 1. The summed E-state index contributed by atoms with van der Waals surface area (Å²) in [6.07, 6.45) is 8.19. The van der Waals surface area contributed by atoms with Crippen LogP contribution < -0.4 is 0 Å². The predicted octanol–water partition coefficient (Wildman–Crippen LogP) is 9.72. The van der Waals surface area contributed by atoms with E-state index >= 15 is 0 Å². The van der Waals surface area contributed by atoms with Crippen LogP contribution in [0.5, 0.6) is 0 Å². The van der Waals surface area contributed by atoms with Crippen molar-refractivity contribution >= 4 is 12.2 Å². The van der Waals surface area contributed by atoms with Gasteiger partial charge < -0.3 is 0 Å². The molecule has 3 heteroatoms. The second kappa shape index (κ2) is 10.1. The van der Waals surface area contributed by atoms with E-state index in [0.717, 1.165) is 28.1 Å². The Morgan fingerprint density at radius 3 is 1.73 bits per heavy atom. The lowest BCUT2D eigenvalue weighted by Gasteiger charge is -2.35. The molecule has 0 saturated carbocycles. The van der Waals surface area contributed by atoms with Gasteiger partial charge in [0.25, 0.3) is 0 Å². The third-order valence-corrected chi connectivity index (χ3v) is 9.23. The summed E-state index contributed by atoms with van der Waals surface area (Å²) in [7, 11) is 0. The van der Waals surface area contributed by atoms with E-state index in [0.29, 0.717) is 5.82 Å². The van der Waals surface area contributed by atoms with Crippen molar-refractivity contribution in [2.75, 3.05) is 0 Å². The summed E-state index contributed by atoms with van der Waals surface area (Å²) >= 11 is 0. The van der Waals surface area contributed by atoms with Gasteiger partial charge in [-0.3, -0.25) is 4.98 Å². The van der Waals surface area contributed by atoms with Crippen LogP contribution in [-0.4, -0.2) is 15.0 Å². The molecule has 2 aliphatic rings. The van der Waals surface area contributed by atoms with Gasteiger partial charge >= 0.3 is 0 Å². The van der Waals surface area contributed by atoms with E-state index in [1.807, 2.05) is 36.5 Å². The maximum absolute atomic E-state index is 5.17. The van der Waals surface area contributed by atoms with Gasteiger partial charge in [0.1, 0.15) is 0 Å². The Balaban J connectivity index is 1.34. The van der Waals surface area contributed by atoms with Crippen LogP contribution in [0.25, 0.3) is 57.2 Å². The zero-order chi connectivity index (χ0) is 29.8. The van der Waals surface area contributed by atoms with Crippen LogP contribution in [-0.2, 0) is 5.41 Å². The van der Waals surface area contributed by atoms with Crippen molar-refractivity contribution in [2.45, 2.75) is 5.41 Å². The molecule has 0 radical (unpaired) electrons. The number of benzene rings is 5. The second-order valence-electron chi connectivity index (χ2n) is 11.6. The Morgan fingerprint density at radius 2 is 1.02 bits per heavy atom. The maximum atomic E-state index is 5.17. The molecule has 9 rings (SSSR count). The summed E-state index contributed by atoms with van der Waals surface area (Å²) in [5, 5.41) is 0. The maximum Gasteiger partial charge on any atom is 0.160 e. The number of hydrogen-bond donors (Lipinski definition) is 0. The van der Waals surface area contributed by atoms with Crippen molar-refractivity contribution in [3.8, 4) is 45.0 Å². The largest absolute Gasteiger partial charge is 0.264 e. The minimum atomic E-state index is -0.486. The summed E-state index contributed by atoms with van der Waals surface area (Å²) < 4.78 is 0.